The number of hydrogen-bond donors (Lipinski definition) is 1. The SMILES string of the molecule is CC(CNCC(F)(F)F)Cc1ccc(Cl)cc1Cl. The summed E-state index contributed by atoms with van der Waals surface area (Å²) in [6.45, 7) is 1.19. The molecule has 1 rings (SSSR count). The molecule has 102 valence electrons. The highest BCUT2D eigenvalue weighted by Gasteiger charge is 2.26. The van der Waals surface area contributed by atoms with E-state index in [1.165, 1.54) is 0 Å². The summed E-state index contributed by atoms with van der Waals surface area (Å²) < 4.78 is 35.8. The van der Waals surface area contributed by atoms with Gasteiger partial charge < -0.3 is 5.32 Å². The fourth-order valence-electron chi connectivity index (χ4n) is 1.60. The van der Waals surface area contributed by atoms with Gasteiger partial charge in [0.2, 0.25) is 0 Å². The zero-order valence-corrected chi connectivity index (χ0v) is 11.3. The van der Waals surface area contributed by atoms with Crippen molar-refractivity contribution in [3.8, 4) is 0 Å². The molecule has 0 fully saturated rings. The van der Waals surface area contributed by atoms with Crippen molar-refractivity contribution in [1.82, 2.24) is 5.32 Å². The smallest absolute Gasteiger partial charge is 0.308 e. The lowest BCUT2D eigenvalue weighted by molar-refractivity contribution is -0.125. The van der Waals surface area contributed by atoms with Crippen LogP contribution in [0.5, 0.6) is 0 Å². The third-order valence-electron chi connectivity index (χ3n) is 2.40. The monoisotopic (exact) mass is 299 g/mol. The molecule has 0 aromatic heterocycles. The minimum Gasteiger partial charge on any atom is -0.308 e. The van der Waals surface area contributed by atoms with Gasteiger partial charge in [-0.05, 0) is 36.6 Å². The maximum absolute atomic E-state index is 11.9. The Morgan fingerprint density at radius 1 is 1.28 bits per heavy atom. The normalized spacial score (nSPS) is 13.7. The summed E-state index contributed by atoms with van der Waals surface area (Å²) in [6, 6.07) is 5.15. The van der Waals surface area contributed by atoms with Gasteiger partial charge in [-0.15, -0.1) is 0 Å². The van der Waals surface area contributed by atoms with Gasteiger partial charge in [0, 0.05) is 10.0 Å². The van der Waals surface area contributed by atoms with Crippen LogP contribution in [0.4, 0.5) is 13.2 Å². The molecule has 0 bridgehead atoms. The van der Waals surface area contributed by atoms with E-state index in [9.17, 15) is 13.2 Å². The Labute approximate surface area is 114 Å². The molecule has 0 aliphatic heterocycles. The Balaban J connectivity index is 2.42. The lowest BCUT2D eigenvalue weighted by Crippen LogP contribution is -2.32. The van der Waals surface area contributed by atoms with Crippen molar-refractivity contribution in [3.05, 3.63) is 33.8 Å². The fraction of sp³-hybridized carbons (Fsp3) is 0.500. The molecule has 1 atom stereocenters. The van der Waals surface area contributed by atoms with Crippen LogP contribution in [-0.4, -0.2) is 19.3 Å². The lowest BCUT2D eigenvalue weighted by Gasteiger charge is -2.14. The van der Waals surface area contributed by atoms with Gasteiger partial charge >= 0.3 is 6.18 Å². The first kappa shape index (κ1) is 15.6. The molecule has 1 nitrogen and oxygen atoms in total. The van der Waals surface area contributed by atoms with Crippen molar-refractivity contribution in [2.75, 3.05) is 13.1 Å². The Morgan fingerprint density at radius 2 is 1.94 bits per heavy atom. The first-order valence-corrected chi connectivity index (χ1v) is 6.25. The highest BCUT2D eigenvalue weighted by atomic mass is 35.5. The Morgan fingerprint density at radius 3 is 2.50 bits per heavy atom. The first-order valence-electron chi connectivity index (χ1n) is 5.49. The second kappa shape index (κ2) is 6.64. The minimum atomic E-state index is -4.17. The van der Waals surface area contributed by atoms with Gasteiger partial charge in [-0.1, -0.05) is 36.2 Å². The zero-order chi connectivity index (χ0) is 13.8. The molecule has 18 heavy (non-hydrogen) atoms. The van der Waals surface area contributed by atoms with Crippen LogP contribution in [0.1, 0.15) is 12.5 Å². The van der Waals surface area contributed by atoms with Crippen molar-refractivity contribution in [3.63, 3.8) is 0 Å². The standard InChI is InChI=1S/C12H14Cl2F3N/c1-8(6-18-7-12(15,16)17)4-9-2-3-10(13)5-11(9)14/h2-3,5,8,18H,4,6-7H2,1H3. The Bertz CT molecular complexity index is 393. The molecule has 0 spiro atoms. The molecule has 0 saturated carbocycles. The predicted molar refractivity (Wildman–Crippen MR) is 68.3 cm³/mol. The van der Waals surface area contributed by atoms with Crippen molar-refractivity contribution < 1.29 is 13.2 Å². The fourth-order valence-corrected chi connectivity index (χ4v) is 2.08. The number of alkyl halides is 3. The largest absolute Gasteiger partial charge is 0.401 e. The van der Waals surface area contributed by atoms with Crippen LogP contribution in [-0.2, 0) is 6.42 Å². The topological polar surface area (TPSA) is 12.0 Å². The van der Waals surface area contributed by atoms with E-state index in [1.807, 2.05) is 6.92 Å². The molecule has 1 unspecified atom stereocenters. The molecule has 0 radical (unpaired) electrons. The molecule has 1 N–H and O–H groups in total. The molecule has 1 aromatic rings. The average Bonchev–Trinajstić information content (AvgIpc) is 2.20. The van der Waals surface area contributed by atoms with Gasteiger partial charge in [0.05, 0.1) is 6.54 Å². The van der Waals surface area contributed by atoms with E-state index in [-0.39, 0.29) is 5.92 Å². The van der Waals surface area contributed by atoms with Gasteiger partial charge in [-0.3, -0.25) is 0 Å². The third-order valence-corrected chi connectivity index (χ3v) is 2.99. The van der Waals surface area contributed by atoms with E-state index in [2.05, 4.69) is 5.32 Å². The Kier molecular flexibility index (Phi) is 5.76. The van der Waals surface area contributed by atoms with Gasteiger partial charge in [0.25, 0.3) is 0 Å². The van der Waals surface area contributed by atoms with Crippen LogP contribution in [0.3, 0.4) is 0 Å². The molecule has 0 amide bonds. The van der Waals surface area contributed by atoms with Crippen LogP contribution < -0.4 is 5.32 Å². The molecule has 0 aliphatic carbocycles. The second-order valence-corrected chi connectivity index (χ2v) is 5.13. The molecule has 6 heteroatoms. The molecular weight excluding hydrogens is 286 g/mol. The minimum absolute atomic E-state index is 0.0611. The van der Waals surface area contributed by atoms with E-state index >= 15 is 0 Å². The molecule has 0 aliphatic rings. The summed E-state index contributed by atoms with van der Waals surface area (Å²) >= 11 is 11.8. The summed E-state index contributed by atoms with van der Waals surface area (Å²) in [6.07, 6.45) is -3.56. The van der Waals surface area contributed by atoms with Crippen LogP contribution in [0.2, 0.25) is 10.0 Å². The van der Waals surface area contributed by atoms with Crippen molar-refractivity contribution >= 4 is 23.2 Å². The zero-order valence-electron chi connectivity index (χ0n) is 9.82. The maximum Gasteiger partial charge on any atom is 0.401 e. The van der Waals surface area contributed by atoms with E-state index in [4.69, 9.17) is 23.2 Å². The number of halogens is 5. The molecule has 0 saturated heterocycles. The summed E-state index contributed by atoms with van der Waals surface area (Å²) in [7, 11) is 0. The third kappa shape index (κ3) is 5.94. The van der Waals surface area contributed by atoms with Gasteiger partial charge in [0.1, 0.15) is 0 Å². The van der Waals surface area contributed by atoms with Crippen molar-refractivity contribution in [2.24, 2.45) is 5.92 Å². The van der Waals surface area contributed by atoms with Crippen molar-refractivity contribution in [2.45, 2.75) is 19.5 Å². The number of rotatable bonds is 5. The predicted octanol–water partition coefficient (Wildman–Crippen LogP) is 4.32. The molecular formula is C12H14Cl2F3N. The second-order valence-electron chi connectivity index (χ2n) is 4.29. The quantitative estimate of drug-likeness (QED) is 0.853. The number of benzene rings is 1. The van der Waals surface area contributed by atoms with Crippen LogP contribution in [0, 0.1) is 5.92 Å². The van der Waals surface area contributed by atoms with E-state index < -0.39 is 12.7 Å². The maximum atomic E-state index is 11.9. The highest BCUT2D eigenvalue weighted by molar-refractivity contribution is 6.35. The molecule has 1 aromatic carbocycles. The van der Waals surface area contributed by atoms with Crippen molar-refractivity contribution in [1.29, 1.82) is 0 Å². The van der Waals surface area contributed by atoms with Crippen LogP contribution in [0.25, 0.3) is 0 Å². The van der Waals surface area contributed by atoms with E-state index in [0.717, 1.165) is 5.56 Å². The summed E-state index contributed by atoms with van der Waals surface area (Å²) in [5.74, 6) is 0.0611. The van der Waals surface area contributed by atoms with E-state index in [0.29, 0.717) is 23.0 Å². The Hall–Kier alpha value is -0.450. The summed E-state index contributed by atoms with van der Waals surface area (Å²) in [5, 5.41) is 3.48. The molecule has 0 heterocycles. The number of nitrogens with one attached hydrogen (secondary N) is 1. The summed E-state index contributed by atoms with van der Waals surface area (Å²) in [5.41, 5.74) is 0.891. The summed E-state index contributed by atoms with van der Waals surface area (Å²) in [4.78, 5) is 0. The lowest BCUT2D eigenvalue weighted by atomic mass is 10.0. The van der Waals surface area contributed by atoms with Crippen LogP contribution in [0.15, 0.2) is 18.2 Å². The average molecular weight is 300 g/mol. The van der Waals surface area contributed by atoms with Gasteiger partial charge in [-0.2, -0.15) is 13.2 Å². The highest BCUT2D eigenvalue weighted by Crippen LogP contribution is 2.23. The van der Waals surface area contributed by atoms with Crippen LogP contribution >= 0.6 is 23.2 Å². The van der Waals surface area contributed by atoms with E-state index in [1.54, 1.807) is 18.2 Å². The van der Waals surface area contributed by atoms with Gasteiger partial charge in [-0.25, -0.2) is 0 Å². The number of hydrogen-bond acceptors (Lipinski definition) is 1. The first-order chi connectivity index (χ1) is 8.28. The van der Waals surface area contributed by atoms with Gasteiger partial charge in [0.15, 0.2) is 0 Å².